The third-order valence-corrected chi connectivity index (χ3v) is 9.31. The van der Waals surface area contributed by atoms with Crippen LogP contribution in [0, 0.1) is 0 Å². The highest BCUT2D eigenvalue weighted by Crippen LogP contribution is 2.41. The molecular weight excluding hydrogens is 529 g/mol. The number of anilines is 2. The molecule has 0 aliphatic carbocycles. The van der Waals surface area contributed by atoms with Gasteiger partial charge in [-0.1, -0.05) is 151 Å². The van der Waals surface area contributed by atoms with E-state index >= 15 is 0 Å². The summed E-state index contributed by atoms with van der Waals surface area (Å²) >= 11 is 0. The zero-order chi connectivity index (χ0) is 29.0. The van der Waals surface area contributed by atoms with Crippen molar-refractivity contribution in [1.82, 2.24) is 0 Å². The van der Waals surface area contributed by atoms with Gasteiger partial charge in [-0.25, -0.2) is 0 Å². The quantitative estimate of drug-likeness (QED) is 0.154. The van der Waals surface area contributed by atoms with Crippen molar-refractivity contribution in [3.05, 3.63) is 170 Å². The zero-order valence-electron chi connectivity index (χ0n) is 24.2. The van der Waals surface area contributed by atoms with Crippen molar-refractivity contribution in [2.45, 2.75) is 0 Å². The van der Waals surface area contributed by atoms with Gasteiger partial charge in [0.25, 0.3) is 0 Å². The fourth-order valence-electron chi connectivity index (χ4n) is 7.32. The van der Waals surface area contributed by atoms with Crippen molar-refractivity contribution in [1.29, 1.82) is 0 Å². The van der Waals surface area contributed by atoms with Crippen LogP contribution >= 0.6 is 0 Å². The molecule has 0 aromatic heterocycles. The molecule has 8 aromatic carbocycles. The van der Waals surface area contributed by atoms with Gasteiger partial charge in [0.05, 0.1) is 0 Å². The van der Waals surface area contributed by atoms with Gasteiger partial charge in [-0.3, -0.25) is 0 Å². The lowest BCUT2D eigenvalue weighted by Gasteiger charge is -2.39. The Bertz CT molecular complexity index is 2310. The Morgan fingerprint density at radius 2 is 0.886 bits per heavy atom. The van der Waals surface area contributed by atoms with E-state index in [1.54, 1.807) is 0 Å². The van der Waals surface area contributed by atoms with Crippen LogP contribution in [0.1, 0.15) is 0 Å². The molecule has 0 N–H and O–H groups in total. The van der Waals surface area contributed by atoms with E-state index in [-0.39, 0.29) is 6.85 Å². The predicted molar refractivity (Wildman–Crippen MR) is 190 cm³/mol. The molecule has 9 rings (SSSR count). The van der Waals surface area contributed by atoms with Crippen LogP contribution < -0.4 is 15.7 Å². The highest BCUT2D eigenvalue weighted by Gasteiger charge is 2.36. The number of rotatable bonds is 3. The molecule has 1 aliphatic heterocycles. The molecule has 0 fully saturated rings. The molecule has 44 heavy (non-hydrogen) atoms. The lowest BCUT2D eigenvalue weighted by atomic mass is 9.46. The molecule has 1 nitrogen and oxygen atoms in total. The summed E-state index contributed by atoms with van der Waals surface area (Å²) in [7, 11) is 0. The first-order valence-corrected chi connectivity index (χ1v) is 15.3. The van der Waals surface area contributed by atoms with Gasteiger partial charge in [-0.15, -0.1) is 0 Å². The van der Waals surface area contributed by atoms with E-state index in [2.05, 4.69) is 175 Å². The minimum Gasteiger partial charge on any atom is -0.376 e. The van der Waals surface area contributed by atoms with E-state index < -0.39 is 0 Å². The third kappa shape index (κ3) is 3.81. The summed E-state index contributed by atoms with van der Waals surface area (Å²) in [6.45, 7) is 0.0773. The first-order valence-electron chi connectivity index (χ1n) is 15.3. The number of nitrogens with zero attached hydrogens (tertiary/aromatic N) is 1. The second-order valence-electron chi connectivity index (χ2n) is 11.7. The smallest absolute Gasteiger partial charge is 0.328 e. The Balaban J connectivity index is 1.19. The monoisotopic (exact) mass is 557 g/mol. The molecule has 1 heterocycles. The molecule has 1 aliphatic rings. The van der Waals surface area contributed by atoms with Gasteiger partial charge in [0, 0.05) is 16.9 Å². The maximum absolute atomic E-state index is 2.51. The molecule has 0 amide bonds. The standard InChI is InChI=1S/C42H28BN/c1-2-12-31(13-3-1)43-41-20-10-8-18-38(41)39-19-9-11-21-42(39)44(43)32-25-22-29(23-26-32)30-24-27-37-35-16-5-4-14-33(35)34-15-6-7-17-36(34)40(37)28-30/h1-28H. The van der Waals surface area contributed by atoms with Crippen molar-refractivity contribution in [3.8, 4) is 22.3 Å². The average molecular weight is 558 g/mol. The Morgan fingerprint density at radius 3 is 1.59 bits per heavy atom. The van der Waals surface area contributed by atoms with Crippen LogP contribution in [0.25, 0.3) is 54.6 Å². The lowest BCUT2D eigenvalue weighted by Crippen LogP contribution is -2.57. The van der Waals surface area contributed by atoms with Gasteiger partial charge in [-0.05, 0) is 78.7 Å². The minimum atomic E-state index is 0.0773. The van der Waals surface area contributed by atoms with Crippen molar-refractivity contribution < 1.29 is 0 Å². The molecule has 0 atom stereocenters. The molecule has 2 heteroatoms. The molecule has 0 saturated carbocycles. The van der Waals surface area contributed by atoms with E-state index in [1.165, 1.54) is 76.9 Å². The molecular formula is C42H28BN. The molecule has 8 aromatic rings. The van der Waals surface area contributed by atoms with Crippen LogP contribution in [0.3, 0.4) is 0 Å². The van der Waals surface area contributed by atoms with E-state index in [1.807, 2.05) is 0 Å². The van der Waals surface area contributed by atoms with Gasteiger partial charge in [0.15, 0.2) is 0 Å². The van der Waals surface area contributed by atoms with Gasteiger partial charge < -0.3 is 4.81 Å². The van der Waals surface area contributed by atoms with Gasteiger partial charge in [-0.2, -0.15) is 0 Å². The van der Waals surface area contributed by atoms with Crippen LogP contribution in [0.5, 0.6) is 0 Å². The van der Waals surface area contributed by atoms with E-state index in [4.69, 9.17) is 0 Å². The molecule has 0 spiro atoms. The Hall–Kier alpha value is -5.60. The second-order valence-corrected chi connectivity index (χ2v) is 11.7. The minimum absolute atomic E-state index is 0.0773. The Kier molecular flexibility index (Phi) is 5.67. The van der Waals surface area contributed by atoms with Crippen molar-refractivity contribution in [3.63, 3.8) is 0 Å². The van der Waals surface area contributed by atoms with Gasteiger partial charge >= 0.3 is 6.85 Å². The van der Waals surface area contributed by atoms with E-state index in [0.717, 1.165) is 0 Å². The summed E-state index contributed by atoms with van der Waals surface area (Å²) in [6, 6.07) is 62.2. The van der Waals surface area contributed by atoms with Gasteiger partial charge in [0.2, 0.25) is 0 Å². The number of hydrogen-bond donors (Lipinski definition) is 0. The maximum Gasteiger partial charge on any atom is 0.328 e. The summed E-state index contributed by atoms with van der Waals surface area (Å²) in [5.74, 6) is 0. The summed E-state index contributed by atoms with van der Waals surface area (Å²) < 4.78 is 0. The van der Waals surface area contributed by atoms with Crippen LogP contribution in [0.2, 0.25) is 0 Å². The van der Waals surface area contributed by atoms with E-state index in [0.29, 0.717) is 0 Å². The average Bonchev–Trinajstić information content (AvgIpc) is 3.11. The largest absolute Gasteiger partial charge is 0.376 e. The summed E-state index contributed by atoms with van der Waals surface area (Å²) in [5, 5.41) is 7.82. The number of hydrogen-bond acceptors (Lipinski definition) is 1. The second kappa shape index (κ2) is 10.0. The summed E-state index contributed by atoms with van der Waals surface area (Å²) in [6.07, 6.45) is 0. The van der Waals surface area contributed by atoms with Crippen LogP contribution in [-0.4, -0.2) is 6.85 Å². The first-order chi connectivity index (χ1) is 21.8. The normalized spacial score (nSPS) is 12.5. The molecule has 0 unspecified atom stereocenters. The fraction of sp³-hybridized carbons (Fsp3) is 0. The number of para-hydroxylation sites is 1. The summed E-state index contributed by atoms with van der Waals surface area (Å²) in [4.78, 5) is 2.51. The SMILES string of the molecule is c1ccc(B2c3ccccc3-c3ccccc3N2c2ccc(-c3ccc4c5ccccc5c5ccccc5c4c3)cc2)cc1. The maximum atomic E-state index is 2.51. The van der Waals surface area contributed by atoms with Crippen LogP contribution in [0.15, 0.2) is 170 Å². The van der Waals surface area contributed by atoms with E-state index in [9.17, 15) is 0 Å². The van der Waals surface area contributed by atoms with Crippen molar-refractivity contribution in [2.24, 2.45) is 0 Å². The number of benzene rings is 8. The van der Waals surface area contributed by atoms with Crippen molar-refractivity contribution >= 4 is 61.5 Å². The topological polar surface area (TPSA) is 3.24 Å². The fourth-order valence-corrected chi connectivity index (χ4v) is 7.32. The van der Waals surface area contributed by atoms with Crippen LogP contribution in [0.4, 0.5) is 11.4 Å². The highest BCUT2D eigenvalue weighted by atomic mass is 15.1. The molecule has 0 saturated heterocycles. The predicted octanol–water partition coefficient (Wildman–Crippen LogP) is 9.74. The van der Waals surface area contributed by atoms with Gasteiger partial charge in [0.1, 0.15) is 0 Å². The van der Waals surface area contributed by atoms with Crippen molar-refractivity contribution in [2.75, 3.05) is 4.81 Å². The first kappa shape index (κ1) is 25.0. The molecule has 0 bridgehead atoms. The zero-order valence-corrected chi connectivity index (χ0v) is 24.2. The third-order valence-electron chi connectivity index (χ3n) is 9.31. The molecule has 0 radical (unpaired) electrons. The molecule has 204 valence electrons. The Labute approximate surface area is 257 Å². The Morgan fingerprint density at radius 1 is 0.364 bits per heavy atom. The lowest BCUT2D eigenvalue weighted by molar-refractivity contribution is 1.36. The summed E-state index contributed by atoms with van der Waals surface area (Å²) in [5.41, 5.74) is 10.1. The highest BCUT2D eigenvalue weighted by molar-refractivity contribution is 6.90. The van der Waals surface area contributed by atoms with Crippen LogP contribution in [-0.2, 0) is 0 Å². The number of fused-ring (bicyclic) bond motifs is 9.